The second-order valence-corrected chi connectivity index (χ2v) is 11.0. The number of carbonyl (C=O) groups excluding carboxylic acids is 2. The number of rotatable bonds is 13. The molecular formula is C30H37N3O5S. The molecule has 1 atom stereocenters. The highest BCUT2D eigenvalue weighted by atomic mass is 32.2. The molecule has 0 radical (unpaired) electrons. The van der Waals surface area contributed by atoms with E-state index in [9.17, 15) is 18.0 Å². The highest BCUT2D eigenvalue weighted by Crippen LogP contribution is 2.25. The number of aryl methyl sites for hydroxylation is 1. The van der Waals surface area contributed by atoms with Crippen molar-refractivity contribution in [2.45, 2.75) is 51.1 Å². The number of hydrogen-bond donors (Lipinski definition) is 1. The van der Waals surface area contributed by atoms with Crippen LogP contribution in [0.4, 0.5) is 5.69 Å². The fraction of sp³-hybridized carbons (Fsp3) is 0.333. The molecule has 208 valence electrons. The monoisotopic (exact) mass is 551 g/mol. The maximum Gasteiger partial charge on any atom is 0.264 e. The molecule has 0 aliphatic carbocycles. The molecule has 39 heavy (non-hydrogen) atoms. The van der Waals surface area contributed by atoms with E-state index in [4.69, 9.17) is 4.74 Å². The first-order valence-electron chi connectivity index (χ1n) is 13.1. The fourth-order valence-corrected chi connectivity index (χ4v) is 5.49. The molecule has 0 aliphatic heterocycles. The fourth-order valence-electron chi connectivity index (χ4n) is 4.05. The smallest absolute Gasteiger partial charge is 0.264 e. The molecular weight excluding hydrogens is 514 g/mol. The molecule has 0 bridgehead atoms. The summed E-state index contributed by atoms with van der Waals surface area (Å²) in [5, 5.41) is 2.84. The Bertz CT molecular complexity index is 1330. The number of anilines is 1. The number of carbonyl (C=O) groups is 2. The topological polar surface area (TPSA) is 96.0 Å². The molecule has 0 fully saturated rings. The van der Waals surface area contributed by atoms with Gasteiger partial charge >= 0.3 is 0 Å². The van der Waals surface area contributed by atoms with Crippen molar-refractivity contribution in [3.63, 3.8) is 0 Å². The van der Waals surface area contributed by atoms with Gasteiger partial charge in [0.15, 0.2) is 0 Å². The van der Waals surface area contributed by atoms with E-state index >= 15 is 0 Å². The molecule has 0 aromatic heterocycles. The van der Waals surface area contributed by atoms with Crippen LogP contribution >= 0.6 is 0 Å². The van der Waals surface area contributed by atoms with Crippen molar-refractivity contribution in [1.82, 2.24) is 10.2 Å². The average Bonchev–Trinajstić information content (AvgIpc) is 2.97. The Morgan fingerprint density at radius 3 is 2.08 bits per heavy atom. The third-order valence-corrected chi connectivity index (χ3v) is 8.26. The zero-order valence-electron chi connectivity index (χ0n) is 23.0. The van der Waals surface area contributed by atoms with E-state index in [0.29, 0.717) is 18.0 Å². The van der Waals surface area contributed by atoms with Gasteiger partial charge < -0.3 is 15.0 Å². The number of amides is 2. The van der Waals surface area contributed by atoms with Gasteiger partial charge in [0, 0.05) is 13.1 Å². The van der Waals surface area contributed by atoms with Gasteiger partial charge in [0.05, 0.1) is 17.7 Å². The maximum atomic E-state index is 13.9. The summed E-state index contributed by atoms with van der Waals surface area (Å²) in [5.41, 5.74) is 2.20. The van der Waals surface area contributed by atoms with E-state index in [-0.39, 0.29) is 17.3 Å². The van der Waals surface area contributed by atoms with Crippen molar-refractivity contribution in [1.29, 1.82) is 0 Å². The Balaban J connectivity index is 2.00. The molecule has 0 spiro atoms. The van der Waals surface area contributed by atoms with Crippen molar-refractivity contribution < 1.29 is 22.7 Å². The molecule has 2 amide bonds. The zero-order chi connectivity index (χ0) is 28.4. The van der Waals surface area contributed by atoms with E-state index in [1.165, 1.54) is 17.0 Å². The van der Waals surface area contributed by atoms with E-state index in [2.05, 4.69) is 5.32 Å². The Kier molecular flexibility index (Phi) is 10.5. The van der Waals surface area contributed by atoms with Crippen LogP contribution in [0.2, 0.25) is 0 Å². The zero-order valence-corrected chi connectivity index (χ0v) is 23.8. The lowest BCUT2D eigenvalue weighted by molar-refractivity contribution is -0.139. The lowest BCUT2D eigenvalue weighted by Crippen LogP contribution is -2.51. The summed E-state index contributed by atoms with van der Waals surface area (Å²) in [7, 11) is -2.51. The van der Waals surface area contributed by atoms with Gasteiger partial charge in [-0.25, -0.2) is 8.42 Å². The Morgan fingerprint density at radius 1 is 0.897 bits per heavy atom. The number of nitrogens with zero attached hydrogens (tertiary/aromatic N) is 2. The summed E-state index contributed by atoms with van der Waals surface area (Å²) in [6.45, 7) is 5.74. The molecule has 1 unspecified atom stereocenters. The summed E-state index contributed by atoms with van der Waals surface area (Å²) in [6.07, 6.45) is 1.55. The van der Waals surface area contributed by atoms with Crippen LogP contribution in [0.25, 0.3) is 0 Å². The van der Waals surface area contributed by atoms with Gasteiger partial charge in [-0.05, 0) is 67.3 Å². The van der Waals surface area contributed by atoms with Crippen molar-refractivity contribution >= 4 is 27.5 Å². The average molecular weight is 552 g/mol. The highest BCUT2D eigenvalue weighted by Gasteiger charge is 2.32. The summed E-state index contributed by atoms with van der Waals surface area (Å²) < 4.78 is 33.9. The molecule has 3 rings (SSSR count). The summed E-state index contributed by atoms with van der Waals surface area (Å²) in [4.78, 5) is 28.3. The quantitative estimate of drug-likeness (QED) is 0.340. The first-order valence-corrected chi connectivity index (χ1v) is 14.5. The van der Waals surface area contributed by atoms with Crippen molar-refractivity contribution in [2.24, 2.45) is 0 Å². The number of hydrogen-bond acceptors (Lipinski definition) is 5. The van der Waals surface area contributed by atoms with Gasteiger partial charge in [-0.1, -0.05) is 56.3 Å². The van der Waals surface area contributed by atoms with E-state index < -0.39 is 28.5 Å². The lowest BCUT2D eigenvalue weighted by atomic mass is 10.1. The van der Waals surface area contributed by atoms with Crippen LogP contribution in [-0.2, 0) is 32.6 Å². The van der Waals surface area contributed by atoms with Gasteiger partial charge in [0.1, 0.15) is 18.3 Å². The lowest BCUT2D eigenvalue weighted by Gasteiger charge is -2.32. The van der Waals surface area contributed by atoms with Crippen molar-refractivity contribution in [3.8, 4) is 5.75 Å². The molecule has 0 aliphatic rings. The van der Waals surface area contributed by atoms with Gasteiger partial charge in [-0.15, -0.1) is 0 Å². The van der Waals surface area contributed by atoms with Crippen LogP contribution in [0.15, 0.2) is 83.8 Å². The molecule has 0 saturated carbocycles. The van der Waals surface area contributed by atoms with E-state index in [1.54, 1.807) is 56.5 Å². The van der Waals surface area contributed by atoms with Gasteiger partial charge in [-0.3, -0.25) is 13.9 Å². The van der Waals surface area contributed by atoms with Crippen molar-refractivity contribution in [3.05, 3.63) is 90.0 Å². The van der Waals surface area contributed by atoms with Crippen LogP contribution in [0, 0.1) is 0 Å². The number of nitrogens with one attached hydrogen (secondary N) is 1. The van der Waals surface area contributed by atoms with Crippen LogP contribution < -0.4 is 14.4 Å². The Labute approximate surface area is 231 Å². The number of benzene rings is 3. The standard InChI is InChI=1S/C30H37N3O5S/c1-5-20-31-30(35)23(3)32(21-25-14-18-27(38-4)19-15-25)29(34)22-33(26-16-12-24(6-2)13-17-26)39(36,37)28-10-8-7-9-11-28/h7-19,23H,5-6,20-22H2,1-4H3,(H,31,35). The largest absolute Gasteiger partial charge is 0.497 e. The molecule has 3 aromatic rings. The number of methoxy groups -OCH3 is 1. The van der Waals surface area contributed by atoms with E-state index in [0.717, 1.165) is 28.3 Å². The minimum absolute atomic E-state index is 0.0767. The van der Waals surface area contributed by atoms with Crippen LogP contribution in [0.1, 0.15) is 38.3 Å². The normalized spacial score (nSPS) is 11.9. The predicted molar refractivity (Wildman–Crippen MR) is 153 cm³/mol. The molecule has 9 heteroatoms. The van der Waals surface area contributed by atoms with Crippen LogP contribution in [0.3, 0.4) is 0 Å². The van der Waals surface area contributed by atoms with Crippen LogP contribution in [0.5, 0.6) is 5.75 Å². The first-order chi connectivity index (χ1) is 18.7. The Morgan fingerprint density at radius 2 is 1.51 bits per heavy atom. The third kappa shape index (κ3) is 7.60. The molecule has 8 nitrogen and oxygen atoms in total. The minimum Gasteiger partial charge on any atom is -0.497 e. The summed E-state index contributed by atoms with van der Waals surface area (Å²) >= 11 is 0. The van der Waals surface area contributed by atoms with Gasteiger partial charge in [0.2, 0.25) is 11.8 Å². The summed E-state index contributed by atoms with van der Waals surface area (Å²) in [6, 6.07) is 21.5. The van der Waals surface area contributed by atoms with Crippen LogP contribution in [-0.4, -0.2) is 51.4 Å². The van der Waals surface area contributed by atoms with E-state index in [1.807, 2.05) is 38.1 Å². The number of sulfonamides is 1. The molecule has 0 heterocycles. The van der Waals surface area contributed by atoms with Crippen molar-refractivity contribution in [2.75, 3.05) is 24.5 Å². The summed E-state index contributed by atoms with van der Waals surface area (Å²) in [5.74, 6) is -0.131. The molecule has 3 aromatic carbocycles. The van der Waals surface area contributed by atoms with Gasteiger partial charge in [-0.2, -0.15) is 0 Å². The Hall–Kier alpha value is -3.85. The SMILES string of the molecule is CCCNC(=O)C(C)N(Cc1ccc(OC)cc1)C(=O)CN(c1ccc(CC)cc1)S(=O)(=O)c1ccccc1. The molecule has 1 N–H and O–H groups in total. The first kappa shape index (κ1) is 29.7. The minimum atomic E-state index is -4.08. The molecule has 0 saturated heterocycles. The highest BCUT2D eigenvalue weighted by molar-refractivity contribution is 7.92. The second-order valence-electron chi connectivity index (χ2n) is 9.18. The third-order valence-electron chi connectivity index (χ3n) is 6.47. The predicted octanol–water partition coefficient (Wildman–Crippen LogP) is 4.40. The second kappa shape index (κ2) is 13.8. The number of ether oxygens (including phenoxy) is 1. The van der Waals surface area contributed by atoms with Gasteiger partial charge in [0.25, 0.3) is 10.0 Å². The maximum absolute atomic E-state index is 13.9.